The zero-order chi connectivity index (χ0) is 18.6. The first-order chi connectivity index (χ1) is 11.9. The van der Waals surface area contributed by atoms with E-state index in [0.717, 1.165) is 0 Å². The minimum atomic E-state index is -0.637. The molecule has 1 aromatic carbocycles. The smallest absolute Gasteiger partial charge is 0.261 e. The fourth-order valence-corrected chi connectivity index (χ4v) is 2.19. The highest BCUT2D eigenvalue weighted by atomic mass is 16.5. The van der Waals surface area contributed by atoms with Gasteiger partial charge in [0.1, 0.15) is 5.56 Å². The van der Waals surface area contributed by atoms with Crippen molar-refractivity contribution >= 4 is 17.5 Å². The summed E-state index contributed by atoms with van der Waals surface area (Å²) in [7, 11) is 6.07. The van der Waals surface area contributed by atoms with Gasteiger partial charge in [-0.1, -0.05) is 0 Å². The molecule has 8 heteroatoms. The van der Waals surface area contributed by atoms with Crippen molar-refractivity contribution in [3.8, 4) is 11.5 Å². The van der Waals surface area contributed by atoms with Gasteiger partial charge in [0.15, 0.2) is 11.5 Å². The fraction of sp³-hybridized carbons (Fsp3) is 0.235. The van der Waals surface area contributed by atoms with Crippen molar-refractivity contribution < 1.29 is 19.1 Å². The van der Waals surface area contributed by atoms with E-state index >= 15 is 0 Å². The van der Waals surface area contributed by atoms with Crippen molar-refractivity contribution in [2.24, 2.45) is 0 Å². The van der Waals surface area contributed by atoms with Crippen molar-refractivity contribution in [1.29, 1.82) is 0 Å². The lowest BCUT2D eigenvalue weighted by Crippen LogP contribution is -2.26. The van der Waals surface area contributed by atoms with Crippen molar-refractivity contribution in [3.05, 3.63) is 51.9 Å². The van der Waals surface area contributed by atoms with Gasteiger partial charge >= 0.3 is 0 Å². The zero-order valence-electron chi connectivity index (χ0n) is 14.4. The average Bonchev–Trinajstić information content (AvgIpc) is 2.60. The van der Waals surface area contributed by atoms with Gasteiger partial charge in [0.2, 0.25) is 0 Å². The van der Waals surface area contributed by atoms with E-state index in [4.69, 9.17) is 9.47 Å². The molecule has 2 amide bonds. The molecule has 2 rings (SSSR count). The van der Waals surface area contributed by atoms with E-state index in [2.05, 4.69) is 10.3 Å². The molecule has 0 unspecified atom stereocenters. The fourth-order valence-electron chi connectivity index (χ4n) is 2.19. The van der Waals surface area contributed by atoms with E-state index in [1.54, 1.807) is 14.1 Å². The van der Waals surface area contributed by atoms with Crippen LogP contribution in [0.15, 0.2) is 35.3 Å². The number of amides is 2. The van der Waals surface area contributed by atoms with Gasteiger partial charge in [0, 0.05) is 26.4 Å². The van der Waals surface area contributed by atoms with E-state index in [1.165, 1.54) is 49.6 Å². The summed E-state index contributed by atoms with van der Waals surface area (Å²) >= 11 is 0. The Hall–Kier alpha value is -3.29. The summed E-state index contributed by atoms with van der Waals surface area (Å²) in [5, 5.41) is 2.59. The highest BCUT2D eigenvalue weighted by Gasteiger charge is 2.21. The van der Waals surface area contributed by atoms with Crippen molar-refractivity contribution in [3.63, 3.8) is 0 Å². The highest BCUT2D eigenvalue weighted by molar-refractivity contribution is 6.09. The molecule has 25 heavy (non-hydrogen) atoms. The topological polar surface area (TPSA) is 101 Å². The average molecular weight is 345 g/mol. The Morgan fingerprint density at radius 3 is 2.28 bits per heavy atom. The van der Waals surface area contributed by atoms with Gasteiger partial charge < -0.3 is 24.7 Å². The maximum absolute atomic E-state index is 12.4. The van der Waals surface area contributed by atoms with E-state index in [1.807, 2.05) is 0 Å². The van der Waals surface area contributed by atoms with E-state index in [-0.39, 0.29) is 22.7 Å². The molecule has 0 spiro atoms. The molecule has 0 fully saturated rings. The predicted molar refractivity (Wildman–Crippen MR) is 92.6 cm³/mol. The lowest BCUT2D eigenvalue weighted by molar-refractivity contribution is 0.0828. The second-order valence-corrected chi connectivity index (χ2v) is 5.32. The van der Waals surface area contributed by atoms with Gasteiger partial charge in [0.05, 0.1) is 25.5 Å². The highest BCUT2D eigenvalue weighted by Crippen LogP contribution is 2.34. The standard InChI is InChI=1S/C17H19N3O5/c1-20(2)17(23)11-8-13(24-3)14(25-4)9-12(11)19-16(22)10-6-5-7-18-15(10)21/h5-9H,1-4H3,(H,18,21)(H,19,22). The molecule has 0 saturated heterocycles. The van der Waals surface area contributed by atoms with Crippen LogP contribution in [0.1, 0.15) is 20.7 Å². The normalized spacial score (nSPS) is 10.1. The Bertz CT molecular complexity index is 858. The Morgan fingerprint density at radius 2 is 1.72 bits per heavy atom. The van der Waals surface area contributed by atoms with Gasteiger partial charge in [-0.05, 0) is 18.2 Å². The minimum absolute atomic E-state index is 0.0689. The summed E-state index contributed by atoms with van der Waals surface area (Å²) < 4.78 is 10.4. The van der Waals surface area contributed by atoms with E-state index in [0.29, 0.717) is 11.5 Å². The molecule has 0 saturated carbocycles. The molecule has 0 aliphatic carbocycles. The van der Waals surface area contributed by atoms with Crippen LogP contribution in [-0.2, 0) is 0 Å². The number of rotatable bonds is 5. The monoisotopic (exact) mass is 345 g/mol. The number of benzene rings is 1. The van der Waals surface area contributed by atoms with Gasteiger partial charge in [-0.2, -0.15) is 0 Å². The lowest BCUT2D eigenvalue weighted by atomic mass is 10.1. The number of nitrogens with one attached hydrogen (secondary N) is 2. The number of hydrogen-bond acceptors (Lipinski definition) is 5. The minimum Gasteiger partial charge on any atom is -0.493 e. The number of H-pyrrole nitrogens is 1. The summed E-state index contributed by atoms with van der Waals surface area (Å²) in [6, 6.07) is 5.88. The first kappa shape index (κ1) is 18.1. The van der Waals surface area contributed by atoms with E-state index in [9.17, 15) is 14.4 Å². The third-order valence-corrected chi connectivity index (χ3v) is 3.47. The quantitative estimate of drug-likeness (QED) is 0.852. The Kier molecular flexibility index (Phi) is 5.43. The number of aromatic nitrogens is 1. The molecule has 2 aromatic rings. The lowest BCUT2D eigenvalue weighted by Gasteiger charge is -2.17. The Morgan fingerprint density at radius 1 is 1.08 bits per heavy atom. The molecular formula is C17H19N3O5. The maximum atomic E-state index is 12.4. The molecular weight excluding hydrogens is 326 g/mol. The molecule has 0 radical (unpaired) electrons. The van der Waals surface area contributed by atoms with Gasteiger partial charge in [-0.3, -0.25) is 14.4 Å². The molecule has 1 aromatic heterocycles. The number of nitrogens with zero attached hydrogens (tertiary/aromatic N) is 1. The predicted octanol–water partition coefficient (Wildman–Crippen LogP) is 1.35. The third-order valence-electron chi connectivity index (χ3n) is 3.47. The number of carbonyl (C=O) groups is 2. The Labute approximate surface area is 144 Å². The molecule has 0 aliphatic heterocycles. The summed E-state index contributed by atoms with van der Waals surface area (Å²) in [6.45, 7) is 0. The molecule has 0 atom stereocenters. The van der Waals surface area contributed by atoms with Crippen molar-refractivity contribution in [1.82, 2.24) is 9.88 Å². The number of hydrogen-bond donors (Lipinski definition) is 2. The Balaban J connectivity index is 2.51. The number of anilines is 1. The van der Waals surface area contributed by atoms with Crippen LogP contribution in [0.3, 0.4) is 0 Å². The van der Waals surface area contributed by atoms with Gasteiger partial charge in [-0.25, -0.2) is 0 Å². The van der Waals surface area contributed by atoms with Crippen LogP contribution in [0.4, 0.5) is 5.69 Å². The second kappa shape index (κ2) is 7.52. The van der Waals surface area contributed by atoms with Crippen LogP contribution in [-0.4, -0.2) is 50.0 Å². The molecule has 132 valence electrons. The number of methoxy groups -OCH3 is 2. The van der Waals surface area contributed by atoms with Crippen LogP contribution < -0.4 is 20.3 Å². The van der Waals surface area contributed by atoms with Crippen LogP contribution in [0.2, 0.25) is 0 Å². The summed E-state index contributed by atoms with van der Waals surface area (Å²) in [6.07, 6.45) is 1.43. The first-order valence-corrected chi connectivity index (χ1v) is 7.35. The maximum Gasteiger partial charge on any atom is 0.261 e. The number of carbonyl (C=O) groups excluding carboxylic acids is 2. The molecule has 2 N–H and O–H groups in total. The van der Waals surface area contributed by atoms with Crippen LogP contribution >= 0.6 is 0 Å². The molecule has 0 bridgehead atoms. The largest absolute Gasteiger partial charge is 0.493 e. The number of pyridine rings is 1. The van der Waals surface area contributed by atoms with Crippen LogP contribution in [0, 0.1) is 0 Å². The van der Waals surface area contributed by atoms with Crippen molar-refractivity contribution in [2.75, 3.05) is 33.6 Å². The van der Waals surface area contributed by atoms with Gasteiger partial charge in [-0.15, -0.1) is 0 Å². The second-order valence-electron chi connectivity index (χ2n) is 5.32. The number of aromatic amines is 1. The molecule has 0 aliphatic rings. The summed E-state index contributed by atoms with van der Waals surface area (Å²) in [5.41, 5.74) is -0.172. The summed E-state index contributed by atoms with van der Waals surface area (Å²) in [5.74, 6) is -0.279. The van der Waals surface area contributed by atoms with Gasteiger partial charge in [0.25, 0.3) is 17.4 Å². The van der Waals surface area contributed by atoms with Crippen LogP contribution in [0.25, 0.3) is 0 Å². The van der Waals surface area contributed by atoms with Crippen molar-refractivity contribution in [2.45, 2.75) is 0 Å². The van der Waals surface area contributed by atoms with E-state index < -0.39 is 11.5 Å². The zero-order valence-corrected chi connectivity index (χ0v) is 14.4. The molecule has 1 heterocycles. The third kappa shape index (κ3) is 3.79. The first-order valence-electron chi connectivity index (χ1n) is 7.35. The summed E-state index contributed by atoms with van der Waals surface area (Å²) in [4.78, 5) is 40.4. The van der Waals surface area contributed by atoms with Crippen LogP contribution in [0.5, 0.6) is 11.5 Å². The molecule has 8 nitrogen and oxygen atoms in total. The number of ether oxygens (including phenoxy) is 2. The SMILES string of the molecule is COc1cc(NC(=O)c2ccc[nH]c2=O)c(C(=O)N(C)C)cc1OC.